The van der Waals surface area contributed by atoms with E-state index in [1.165, 1.54) is 24.3 Å². The third kappa shape index (κ3) is 2.87. The fourth-order valence-electron chi connectivity index (χ4n) is 1.75. The lowest BCUT2D eigenvalue weighted by molar-refractivity contribution is 0.387. The van der Waals surface area contributed by atoms with Crippen LogP contribution >= 0.6 is 15.2 Å². The van der Waals surface area contributed by atoms with E-state index in [9.17, 15) is 18.9 Å². The van der Waals surface area contributed by atoms with Gasteiger partial charge in [-0.1, -0.05) is 6.07 Å². The Bertz CT molecular complexity index is 747. The first kappa shape index (κ1) is 14.2. The molecule has 7 nitrogen and oxygen atoms in total. The highest BCUT2D eigenvalue weighted by Crippen LogP contribution is 2.40. The fourth-order valence-corrected chi connectivity index (χ4v) is 3.27. The molecule has 0 bridgehead atoms. The third-order valence-corrected chi connectivity index (χ3v) is 4.52. The number of benzene rings is 2. The molecule has 0 heterocycles. The van der Waals surface area contributed by atoms with Crippen LogP contribution in [0.4, 0.5) is 5.69 Å². The lowest BCUT2D eigenvalue weighted by atomic mass is 10.1. The Morgan fingerprint density at radius 3 is 2.05 bits per heavy atom. The van der Waals surface area contributed by atoms with Gasteiger partial charge < -0.3 is 25.3 Å². The highest BCUT2D eigenvalue weighted by molar-refractivity contribution is 7.62. The van der Waals surface area contributed by atoms with Gasteiger partial charge in [0, 0.05) is 5.69 Å². The summed E-state index contributed by atoms with van der Waals surface area (Å²) in [6.07, 6.45) is 0. The molecule has 0 amide bonds. The monoisotopic (exact) mass is 303 g/mol. The van der Waals surface area contributed by atoms with Gasteiger partial charge in [0.1, 0.15) is 0 Å². The number of hydrogen-bond donors (Lipinski definition) is 5. The van der Waals surface area contributed by atoms with Crippen LogP contribution < -0.4 is 16.3 Å². The second kappa shape index (κ2) is 4.42. The lowest BCUT2D eigenvalue weighted by Crippen LogP contribution is -2.15. The molecule has 0 unspecified atom stereocenters. The van der Waals surface area contributed by atoms with Crippen molar-refractivity contribution in [3.63, 3.8) is 0 Å². The van der Waals surface area contributed by atoms with Gasteiger partial charge in [0.2, 0.25) is 0 Å². The van der Waals surface area contributed by atoms with E-state index >= 15 is 0 Å². The third-order valence-electron chi connectivity index (χ3n) is 2.59. The molecule has 0 radical (unpaired) electrons. The maximum atomic E-state index is 11.4. The van der Waals surface area contributed by atoms with Gasteiger partial charge in [0.05, 0.1) is 10.6 Å². The summed E-state index contributed by atoms with van der Waals surface area (Å²) in [7, 11) is -9.28. The average Bonchev–Trinajstić information content (AvgIpc) is 2.24. The van der Waals surface area contributed by atoms with Crippen molar-refractivity contribution in [3.05, 3.63) is 30.3 Å². The Morgan fingerprint density at radius 1 is 0.895 bits per heavy atom. The summed E-state index contributed by atoms with van der Waals surface area (Å²) in [5.41, 5.74) is 5.85. The molecule has 102 valence electrons. The van der Waals surface area contributed by atoms with Gasteiger partial charge in [-0.3, -0.25) is 9.13 Å². The van der Waals surface area contributed by atoms with Crippen molar-refractivity contribution < 1.29 is 28.7 Å². The molecule has 2 aromatic carbocycles. The molecule has 0 atom stereocenters. The summed E-state index contributed by atoms with van der Waals surface area (Å²) in [6.45, 7) is 0. The Kier molecular flexibility index (Phi) is 3.31. The maximum absolute atomic E-state index is 11.4. The van der Waals surface area contributed by atoms with Crippen LogP contribution in [0, 0.1) is 0 Å². The van der Waals surface area contributed by atoms with Crippen LogP contribution in [0.25, 0.3) is 10.8 Å². The molecule has 2 rings (SSSR count). The minimum atomic E-state index is -4.68. The molecule has 6 N–H and O–H groups in total. The largest absolute Gasteiger partial charge is 0.399 e. The predicted octanol–water partition coefficient (Wildman–Crippen LogP) is 0.0280. The fraction of sp³-hybridized carbons (Fsp3) is 0. The van der Waals surface area contributed by atoms with Gasteiger partial charge in [-0.15, -0.1) is 0 Å². The van der Waals surface area contributed by atoms with Crippen LogP contribution in [0.15, 0.2) is 30.3 Å². The standard InChI is InChI=1S/C10H11NO6P2/c11-7-2-1-6-3-8(18(12,13)14)5-10(9(6)4-7)19(15,16)17/h1-5H,11H2,(H2,12,13,14)(H2,15,16,17). The zero-order chi connectivity index (χ0) is 14.4. The molecule has 0 saturated carbocycles. The Labute approximate surface area is 108 Å². The van der Waals surface area contributed by atoms with E-state index in [-0.39, 0.29) is 5.39 Å². The molecule has 9 heteroatoms. The second-order valence-corrected chi connectivity index (χ2v) is 7.21. The molecule has 0 spiro atoms. The molecular formula is C10H11NO6P2. The molecule has 19 heavy (non-hydrogen) atoms. The van der Waals surface area contributed by atoms with E-state index in [2.05, 4.69) is 0 Å². The van der Waals surface area contributed by atoms with Crippen molar-refractivity contribution in [2.45, 2.75) is 0 Å². The molecular weight excluding hydrogens is 292 g/mol. The van der Waals surface area contributed by atoms with Crippen molar-refractivity contribution in [1.82, 2.24) is 0 Å². The topological polar surface area (TPSA) is 141 Å². The first-order chi connectivity index (χ1) is 8.59. The van der Waals surface area contributed by atoms with E-state index in [1.807, 2.05) is 0 Å². The SMILES string of the molecule is Nc1ccc2cc(P(=O)(O)O)cc(P(=O)(O)O)c2c1. The summed E-state index contributed by atoms with van der Waals surface area (Å²) < 4.78 is 22.7. The van der Waals surface area contributed by atoms with E-state index < -0.39 is 25.8 Å². The molecule has 0 saturated heterocycles. The summed E-state index contributed by atoms with van der Waals surface area (Å²) in [5.74, 6) is 0. The first-order valence-electron chi connectivity index (χ1n) is 5.04. The molecule has 2 aromatic rings. The van der Waals surface area contributed by atoms with Crippen LogP contribution in [0.5, 0.6) is 0 Å². The van der Waals surface area contributed by atoms with Crippen molar-refractivity contribution in [1.29, 1.82) is 0 Å². The molecule has 0 aliphatic rings. The van der Waals surface area contributed by atoms with Crippen LogP contribution in [-0.2, 0) is 9.13 Å². The number of hydrogen-bond acceptors (Lipinski definition) is 3. The highest BCUT2D eigenvalue weighted by atomic mass is 31.2. The van der Waals surface area contributed by atoms with Crippen molar-refractivity contribution in [3.8, 4) is 0 Å². The Hall–Kier alpha value is -1.20. The summed E-state index contributed by atoms with van der Waals surface area (Å²) in [4.78, 5) is 36.8. The Balaban J connectivity index is 2.93. The van der Waals surface area contributed by atoms with E-state index in [1.54, 1.807) is 0 Å². The highest BCUT2D eigenvalue weighted by Gasteiger charge is 2.26. The van der Waals surface area contributed by atoms with E-state index in [0.717, 1.165) is 6.07 Å². The van der Waals surface area contributed by atoms with E-state index in [0.29, 0.717) is 11.1 Å². The van der Waals surface area contributed by atoms with Gasteiger partial charge in [0.25, 0.3) is 0 Å². The van der Waals surface area contributed by atoms with Gasteiger partial charge in [-0.2, -0.15) is 0 Å². The van der Waals surface area contributed by atoms with Crippen LogP contribution in [0.3, 0.4) is 0 Å². The van der Waals surface area contributed by atoms with Crippen molar-refractivity contribution in [2.75, 3.05) is 5.73 Å². The lowest BCUT2D eigenvalue weighted by Gasteiger charge is -2.12. The number of nitrogens with two attached hydrogens (primary N) is 1. The van der Waals surface area contributed by atoms with Gasteiger partial charge in [0.15, 0.2) is 0 Å². The van der Waals surface area contributed by atoms with Gasteiger partial charge >= 0.3 is 15.2 Å². The average molecular weight is 303 g/mol. The number of nitrogen functional groups attached to an aromatic ring is 1. The van der Waals surface area contributed by atoms with Gasteiger partial charge in [-0.25, -0.2) is 0 Å². The van der Waals surface area contributed by atoms with Crippen molar-refractivity contribution in [2.24, 2.45) is 0 Å². The normalized spacial score (nSPS) is 12.8. The number of fused-ring (bicyclic) bond motifs is 1. The molecule has 0 fully saturated rings. The summed E-state index contributed by atoms with van der Waals surface area (Å²) in [6, 6.07) is 6.30. The van der Waals surface area contributed by atoms with Crippen LogP contribution in [0.2, 0.25) is 0 Å². The minimum absolute atomic E-state index is 0.172. The maximum Gasteiger partial charge on any atom is 0.356 e. The Morgan fingerprint density at radius 2 is 1.53 bits per heavy atom. The smallest absolute Gasteiger partial charge is 0.356 e. The summed E-state index contributed by atoms with van der Waals surface area (Å²) in [5, 5.41) is -0.419. The van der Waals surface area contributed by atoms with Crippen LogP contribution in [-0.4, -0.2) is 19.6 Å². The zero-order valence-corrected chi connectivity index (χ0v) is 11.3. The van der Waals surface area contributed by atoms with E-state index in [4.69, 9.17) is 15.5 Å². The first-order valence-corrected chi connectivity index (χ1v) is 8.27. The van der Waals surface area contributed by atoms with Crippen LogP contribution in [0.1, 0.15) is 0 Å². The number of rotatable bonds is 2. The molecule has 0 aromatic heterocycles. The van der Waals surface area contributed by atoms with Crippen molar-refractivity contribution >= 4 is 42.3 Å². The zero-order valence-electron chi connectivity index (χ0n) is 9.46. The second-order valence-electron chi connectivity index (χ2n) is 4.03. The summed E-state index contributed by atoms with van der Waals surface area (Å²) >= 11 is 0. The molecule has 0 aliphatic carbocycles. The quantitative estimate of drug-likeness (QED) is 0.389. The predicted molar refractivity (Wildman–Crippen MR) is 71.7 cm³/mol. The van der Waals surface area contributed by atoms with Gasteiger partial charge in [-0.05, 0) is 35.0 Å². The minimum Gasteiger partial charge on any atom is -0.399 e. The number of anilines is 1. The molecule has 0 aliphatic heterocycles.